The van der Waals surface area contributed by atoms with Crippen molar-refractivity contribution < 1.29 is 15.0 Å². The number of rotatable bonds is 1. The third kappa shape index (κ3) is 2.02. The van der Waals surface area contributed by atoms with Gasteiger partial charge in [-0.2, -0.15) is 0 Å². The fourth-order valence-electron chi connectivity index (χ4n) is 1.92. The van der Waals surface area contributed by atoms with Crippen LogP contribution in [0.25, 0.3) is 0 Å². The molecule has 1 amide bonds. The van der Waals surface area contributed by atoms with Crippen LogP contribution in [0.4, 0.5) is 0 Å². The first-order valence-corrected chi connectivity index (χ1v) is 5.35. The third-order valence-electron chi connectivity index (χ3n) is 2.83. The molecule has 1 saturated heterocycles. The van der Waals surface area contributed by atoms with Gasteiger partial charge in [0.15, 0.2) is 0 Å². The first kappa shape index (κ1) is 11.0. The lowest BCUT2D eigenvalue weighted by Crippen LogP contribution is -2.29. The van der Waals surface area contributed by atoms with E-state index in [1.165, 1.54) is 6.07 Å². The van der Waals surface area contributed by atoms with E-state index >= 15 is 0 Å². The molecule has 0 spiro atoms. The number of hydrogen-bond donors (Lipinski definition) is 2. The Balaban J connectivity index is 2.23. The molecule has 1 aromatic carbocycles. The van der Waals surface area contributed by atoms with Gasteiger partial charge in [-0.1, -0.05) is 11.6 Å². The zero-order chi connectivity index (χ0) is 11.7. The smallest absolute Gasteiger partial charge is 0.257 e. The molecule has 0 saturated carbocycles. The molecular weight excluding hydrogens is 206 g/mol. The molecule has 2 rings (SSSR count). The van der Waals surface area contributed by atoms with Crippen molar-refractivity contribution >= 4 is 5.91 Å². The normalized spacial score (nSPS) is 20.1. The lowest BCUT2D eigenvalue weighted by Gasteiger charge is -2.16. The predicted octanol–water partition coefficient (Wildman–Crippen LogP) is 0.907. The summed E-state index contributed by atoms with van der Waals surface area (Å²) in [6.07, 6.45) is 0.175. The number of hydrogen-bond acceptors (Lipinski definition) is 3. The molecule has 0 radical (unpaired) electrons. The molecule has 1 aliphatic heterocycles. The Hall–Kier alpha value is -1.55. The minimum atomic E-state index is -0.434. The van der Waals surface area contributed by atoms with Crippen LogP contribution in [0, 0.1) is 6.92 Å². The van der Waals surface area contributed by atoms with Gasteiger partial charge >= 0.3 is 0 Å². The molecule has 0 unspecified atom stereocenters. The van der Waals surface area contributed by atoms with E-state index in [1.54, 1.807) is 17.0 Å². The summed E-state index contributed by atoms with van der Waals surface area (Å²) in [5, 5.41) is 19.0. The molecule has 1 heterocycles. The molecule has 4 heteroatoms. The largest absolute Gasteiger partial charge is 0.507 e. The highest BCUT2D eigenvalue weighted by atomic mass is 16.3. The van der Waals surface area contributed by atoms with Gasteiger partial charge < -0.3 is 15.1 Å². The van der Waals surface area contributed by atoms with Crippen LogP contribution in [0.15, 0.2) is 18.2 Å². The fraction of sp³-hybridized carbons (Fsp3) is 0.417. The summed E-state index contributed by atoms with van der Waals surface area (Å²) in [6, 6.07) is 4.95. The maximum absolute atomic E-state index is 12.0. The SMILES string of the molecule is Cc1ccc(O)c(C(=O)N2CC[C@@H](O)C2)c1. The van der Waals surface area contributed by atoms with E-state index in [-0.39, 0.29) is 11.7 Å². The van der Waals surface area contributed by atoms with E-state index in [0.717, 1.165) is 5.56 Å². The van der Waals surface area contributed by atoms with Gasteiger partial charge in [0.1, 0.15) is 5.75 Å². The van der Waals surface area contributed by atoms with Gasteiger partial charge in [-0.3, -0.25) is 4.79 Å². The molecule has 2 N–H and O–H groups in total. The molecule has 1 atom stereocenters. The van der Waals surface area contributed by atoms with Crippen LogP contribution in [-0.2, 0) is 0 Å². The summed E-state index contributed by atoms with van der Waals surface area (Å²) < 4.78 is 0. The van der Waals surface area contributed by atoms with E-state index in [0.29, 0.717) is 25.1 Å². The van der Waals surface area contributed by atoms with E-state index in [2.05, 4.69) is 0 Å². The number of nitrogens with zero attached hydrogens (tertiary/aromatic N) is 1. The zero-order valence-corrected chi connectivity index (χ0v) is 9.18. The van der Waals surface area contributed by atoms with Gasteiger partial charge in [-0.25, -0.2) is 0 Å². The van der Waals surface area contributed by atoms with Crippen LogP contribution in [0.5, 0.6) is 5.75 Å². The van der Waals surface area contributed by atoms with E-state index in [4.69, 9.17) is 0 Å². The second kappa shape index (κ2) is 4.14. The van der Waals surface area contributed by atoms with Crippen molar-refractivity contribution in [1.82, 2.24) is 4.90 Å². The second-order valence-corrected chi connectivity index (χ2v) is 4.21. The van der Waals surface area contributed by atoms with E-state index in [9.17, 15) is 15.0 Å². The highest BCUT2D eigenvalue weighted by Crippen LogP contribution is 2.22. The summed E-state index contributed by atoms with van der Waals surface area (Å²) in [5.41, 5.74) is 1.25. The Morgan fingerprint density at radius 1 is 1.50 bits per heavy atom. The summed E-state index contributed by atoms with van der Waals surface area (Å²) in [7, 11) is 0. The molecule has 1 aliphatic rings. The maximum atomic E-state index is 12.0. The number of aliphatic hydroxyl groups is 1. The maximum Gasteiger partial charge on any atom is 0.257 e. The van der Waals surface area contributed by atoms with Gasteiger partial charge in [0.05, 0.1) is 11.7 Å². The summed E-state index contributed by atoms with van der Waals surface area (Å²) in [4.78, 5) is 13.6. The first-order chi connectivity index (χ1) is 7.58. The monoisotopic (exact) mass is 221 g/mol. The van der Waals surface area contributed by atoms with Crippen LogP contribution in [-0.4, -0.2) is 40.2 Å². The Morgan fingerprint density at radius 3 is 2.88 bits per heavy atom. The first-order valence-electron chi connectivity index (χ1n) is 5.35. The highest BCUT2D eigenvalue weighted by molar-refractivity contribution is 5.97. The number of carbonyl (C=O) groups excluding carboxylic acids is 1. The molecule has 86 valence electrons. The van der Waals surface area contributed by atoms with Gasteiger partial charge in [-0.05, 0) is 25.5 Å². The second-order valence-electron chi connectivity index (χ2n) is 4.21. The molecule has 1 fully saturated rings. The van der Waals surface area contributed by atoms with Crippen molar-refractivity contribution in [1.29, 1.82) is 0 Å². The average molecular weight is 221 g/mol. The number of amides is 1. The van der Waals surface area contributed by atoms with Gasteiger partial charge in [-0.15, -0.1) is 0 Å². The number of β-amino-alcohol motifs (C(OH)–C–C–N with tert-alkyl or cyclic N) is 1. The van der Waals surface area contributed by atoms with Gasteiger partial charge in [0.25, 0.3) is 5.91 Å². The molecule has 0 aliphatic carbocycles. The topological polar surface area (TPSA) is 60.8 Å². The number of aryl methyl sites for hydroxylation is 1. The van der Waals surface area contributed by atoms with Crippen LogP contribution >= 0.6 is 0 Å². The molecular formula is C12H15NO3. The fourth-order valence-corrected chi connectivity index (χ4v) is 1.92. The number of aromatic hydroxyl groups is 1. The molecule has 0 bridgehead atoms. The molecule has 16 heavy (non-hydrogen) atoms. The minimum absolute atomic E-state index is 0.00279. The lowest BCUT2D eigenvalue weighted by molar-refractivity contribution is 0.0762. The van der Waals surface area contributed by atoms with Crippen molar-refractivity contribution in [2.45, 2.75) is 19.4 Å². The van der Waals surface area contributed by atoms with Crippen LogP contribution < -0.4 is 0 Å². The van der Waals surface area contributed by atoms with Crippen LogP contribution in [0.2, 0.25) is 0 Å². The van der Waals surface area contributed by atoms with Crippen molar-refractivity contribution in [3.8, 4) is 5.75 Å². The Morgan fingerprint density at radius 2 is 2.25 bits per heavy atom. The van der Waals surface area contributed by atoms with Crippen LogP contribution in [0.3, 0.4) is 0 Å². The number of benzene rings is 1. The Kier molecular flexibility index (Phi) is 2.83. The van der Waals surface area contributed by atoms with Gasteiger partial charge in [0.2, 0.25) is 0 Å². The quantitative estimate of drug-likeness (QED) is 0.741. The predicted molar refractivity (Wildman–Crippen MR) is 59.4 cm³/mol. The number of carbonyl (C=O) groups is 1. The average Bonchev–Trinajstić information content (AvgIpc) is 2.67. The minimum Gasteiger partial charge on any atom is -0.507 e. The number of likely N-dealkylation sites (tertiary alicyclic amines) is 1. The lowest BCUT2D eigenvalue weighted by atomic mass is 10.1. The van der Waals surface area contributed by atoms with E-state index in [1.807, 2.05) is 6.92 Å². The molecule has 0 aromatic heterocycles. The summed E-state index contributed by atoms with van der Waals surface area (Å²) in [5.74, 6) is -0.213. The Labute approximate surface area is 94.1 Å². The highest BCUT2D eigenvalue weighted by Gasteiger charge is 2.26. The standard InChI is InChI=1S/C12H15NO3/c1-8-2-3-11(15)10(6-8)12(16)13-5-4-9(14)7-13/h2-3,6,9,14-15H,4-5,7H2,1H3/t9-/m1/s1. The Bertz CT molecular complexity index is 417. The third-order valence-corrected chi connectivity index (χ3v) is 2.83. The summed E-state index contributed by atoms with van der Waals surface area (Å²) >= 11 is 0. The van der Waals surface area contributed by atoms with Crippen molar-refractivity contribution in [2.75, 3.05) is 13.1 Å². The number of aliphatic hydroxyl groups excluding tert-OH is 1. The van der Waals surface area contributed by atoms with Gasteiger partial charge in [0, 0.05) is 13.1 Å². The van der Waals surface area contributed by atoms with Crippen LogP contribution in [0.1, 0.15) is 22.3 Å². The number of phenols is 1. The molecule has 4 nitrogen and oxygen atoms in total. The number of phenolic OH excluding ortho intramolecular Hbond substituents is 1. The summed E-state index contributed by atoms with van der Waals surface area (Å²) in [6.45, 7) is 2.77. The van der Waals surface area contributed by atoms with Crippen molar-refractivity contribution in [2.24, 2.45) is 0 Å². The van der Waals surface area contributed by atoms with Crippen molar-refractivity contribution in [3.63, 3.8) is 0 Å². The molecule has 1 aromatic rings. The zero-order valence-electron chi connectivity index (χ0n) is 9.18. The van der Waals surface area contributed by atoms with Crippen molar-refractivity contribution in [3.05, 3.63) is 29.3 Å². The van der Waals surface area contributed by atoms with E-state index < -0.39 is 6.10 Å².